The van der Waals surface area contributed by atoms with Gasteiger partial charge in [0.2, 0.25) is 0 Å². The van der Waals surface area contributed by atoms with Crippen molar-refractivity contribution >= 4 is 0 Å². The van der Waals surface area contributed by atoms with E-state index >= 15 is 0 Å². The SMILES string of the molecule is CC(C)N1CCOC(CNCC(C)(C)CO)C1. The predicted molar refractivity (Wildman–Crippen MR) is 70.2 cm³/mol. The quantitative estimate of drug-likeness (QED) is 0.722. The van der Waals surface area contributed by atoms with Gasteiger partial charge >= 0.3 is 0 Å². The van der Waals surface area contributed by atoms with E-state index in [0.29, 0.717) is 6.04 Å². The van der Waals surface area contributed by atoms with Crippen molar-refractivity contribution in [3.8, 4) is 0 Å². The van der Waals surface area contributed by atoms with Crippen LogP contribution in [0.4, 0.5) is 0 Å². The molecule has 1 unspecified atom stereocenters. The first-order valence-electron chi connectivity index (χ1n) is 6.62. The summed E-state index contributed by atoms with van der Waals surface area (Å²) in [6.45, 7) is 13.3. The van der Waals surface area contributed by atoms with Gasteiger partial charge in [0.25, 0.3) is 0 Å². The Labute approximate surface area is 105 Å². The van der Waals surface area contributed by atoms with Crippen molar-refractivity contribution in [3.63, 3.8) is 0 Å². The van der Waals surface area contributed by atoms with Crippen LogP contribution in [0.5, 0.6) is 0 Å². The lowest BCUT2D eigenvalue weighted by Crippen LogP contribution is -2.49. The molecule has 0 saturated carbocycles. The van der Waals surface area contributed by atoms with Crippen LogP contribution in [0.2, 0.25) is 0 Å². The highest BCUT2D eigenvalue weighted by Gasteiger charge is 2.23. The van der Waals surface area contributed by atoms with Gasteiger partial charge in [-0.05, 0) is 13.8 Å². The topological polar surface area (TPSA) is 44.7 Å². The summed E-state index contributed by atoms with van der Waals surface area (Å²) in [5, 5.41) is 12.6. The van der Waals surface area contributed by atoms with E-state index in [1.165, 1.54) is 0 Å². The van der Waals surface area contributed by atoms with Crippen LogP contribution < -0.4 is 5.32 Å². The van der Waals surface area contributed by atoms with Gasteiger partial charge in [-0.3, -0.25) is 4.90 Å². The zero-order valence-electron chi connectivity index (χ0n) is 11.7. The molecule has 0 aliphatic carbocycles. The second kappa shape index (κ2) is 6.69. The number of ether oxygens (including phenoxy) is 1. The molecule has 0 bridgehead atoms. The molecule has 17 heavy (non-hydrogen) atoms. The maximum atomic E-state index is 9.17. The van der Waals surface area contributed by atoms with Crippen molar-refractivity contribution in [2.75, 3.05) is 39.4 Å². The van der Waals surface area contributed by atoms with Crippen LogP contribution in [-0.2, 0) is 4.74 Å². The van der Waals surface area contributed by atoms with Crippen LogP contribution in [0.1, 0.15) is 27.7 Å². The molecule has 1 rings (SSSR count). The largest absolute Gasteiger partial charge is 0.396 e. The second-order valence-electron chi connectivity index (χ2n) is 6.03. The Kier molecular flexibility index (Phi) is 5.86. The third kappa shape index (κ3) is 5.34. The lowest BCUT2D eigenvalue weighted by Gasteiger charge is -2.36. The third-order valence-corrected chi connectivity index (χ3v) is 3.30. The number of hydrogen-bond donors (Lipinski definition) is 2. The van der Waals surface area contributed by atoms with Gasteiger partial charge in [-0.2, -0.15) is 0 Å². The van der Waals surface area contributed by atoms with Crippen molar-refractivity contribution in [3.05, 3.63) is 0 Å². The standard InChI is InChI=1S/C13H28N2O2/c1-11(2)15-5-6-17-12(8-15)7-14-9-13(3,4)10-16/h11-12,14,16H,5-10H2,1-4H3. The minimum absolute atomic E-state index is 0.0492. The van der Waals surface area contributed by atoms with Gasteiger partial charge in [0.1, 0.15) is 0 Å². The van der Waals surface area contributed by atoms with Crippen LogP contribution in [0.25, 0.3) is 0 Å². The number of morpholine rings is 1. The van der Waals surface area contributed by atoms with Crippen molar-refractivity contribution in [1.82, 2.24) is 10.2 Å². The fourth-order valence-corrected chi connectivity index (χ4v) is 1.96. The number of nitrogens with one attached hydrogen (secondary N) is 1. The first kappa shape index (κ1) is 14.9. The van der Waals surface area contributed by atoms with Gasteiger partial charge < -0.3 is 15.2 Å². The van der Waals surface area contributed by atoms with Gasteiger partial charge in [-0.25, -0.2) is 0 Å². The first-order chi connectivity index (χ1) is 7.94. The summed E-state index contributed by atoms with van der Waals surface area (Å²) in [6.07, 6.45) is 0.278. The molecule has 0 aromatic carbocycles. The van der Waals surface area contributed by atoms with E-state index in [1.807, 2.05) is 0 Å². The zero-order valence-corrected chi connectivity index (χ0v) is 11.7. The molecule has 0 aromatic heterocycles. The maximum Gasteiger partial charge on any atom is 0.0826 e. The summed E-state index contributed by atoms with van der Waals surface area (Å²) in [5.74, 6) is 0. The Hall–Kier alpha value is -0.160. The van der Waals surface area contributed by atoms with E-state index in [0.717, 1.165) is 32.8 Å². The van der Waals surface area contributed by atoms with Gasteiger partial charge in [0, 0.05) is 44.2 Å². The fourth-order valence-electron chi connectivity index (χ4n) is 1.96. The Bertz CT molecular complexity index is 219. The van der Waals surface area contributed by atoms with E-state index < -0.39 is 0 Å². The van der Waals surface area contributed by atoms with Crippen molar-refractivity contribution < 1.29 is 9.84 Å². The highest BCUT2D eigenvalue weighted by atomic mass is 16.5. The maximum absolute atomic E-state index is 9.17. The van der Waals surface area contributed by atoms with E-state index in [1.54, 1.807) is 0 Å². The second-order valence-corrected chi connectivity index (χ2v) is 6.03. The van der Waals surface area contributed by atoms with Gasteiger partial charge in [-0.1, -0.05) is 13.8 Å². The van der Waals surface area contributed by atoms with Gasteiger partial charge in [0.05, 0.1) is 12.7 Å². The average molecular weight is 244 g/mol. The predicted octanol–water partition coefficient (Wildman–Crippen LogP) is 0.704. The minimum Gasteiger partial charge on any atom is -0.396 e. The Balaban J connectivity index is 2.23. The number of rotatable bonds is 6. The number of nitrogens with zero attached hydrogens (tertiary/aromatic N) is 1. The minimum atomic E-state index is -0.0492. The van der Waals surface area contributed by atoms with Crippen LogP contribution >= 0.6 is 0 Å². The van der Waals surface area contributed by atoms with Crippen molar-refractivity contribution in [1.29, 1.82) is 0 Å². The molecule has 1 aliphatic heterocycles. The normalized spacial score (nSPS) is 23.3. The molecule has 4 heteroatoms. The van der Waals surface area contributed by atoms with E-state index in [9.17, 15) is 0 Å². The number of aliphatic hydroxyl groups is 1. The van der Waals surface area contributed by atoms with Crippen LogP contribution in [-0.4, -0.2) is 61.5 Å². The molecule has 0 spiro atoms. The fraction of sp³-hybridized carbons (Fsp3) is 1.00. The summed E-state index contributed by atoms with van der Waals surface area (Å²) >= 11 is 0. The third-order valence-electron chi connectivity index (χ3n) is 3.30. The smallest absolute Gasteiger partial charge is 0.0826 e. The zero-order chi connectivity index (χ0) is 12.9. The molecule has 1 atom stereocenters. The van der Waals surface area contributed by atoms with E-state index in [-0.39, 0.29) is 18.1 Å². The number of aliphatic hydroxyl groups excluding tert-OH is 1. The monoisotopic (exact) mass is 244 g/mol. The average Bonchev–Trinajstić information content (AvgIpc) is 2.29. The summed E-state index contributed by atoms with van der Waals surface area (Å²) in [5.41, 5.74) is -0.0492. The molecule has 2 N–H and O–H groups in total. The number of hydrogen-bond acceptors (Lipinski definition) is 4. The molecular weight excluding hydrogens is 216 g/mol. The van der Waals surface area contributed by atoms with Crippen LogP contribution in [0, 0.1) is 5.41 Å². The van der Waals surface area contributed by atoms with Gasteiger partial charge in [0.15, 0.2) is 0 Å². The molecule has 0 amide bonds. The molecule has 1 heterocycles. The van der Waals surface area contributed by atoms with Gasteiger partial charge in [-0.15, -0.1) is 0 Å². The highest BCUT2D eigenvalue weighted by Crippen LogP contribution is 2.12. The van der Waals surface area contributed by atoms with Crippen LogP contribution in [0.15, 0.2) is 0 Å². The van der Waals surface area contributed by atoms with E-state index in [2.05, 4.69) is 37.9 Å². The summed E-state index contributed by atoms with van der Waals surface area (Å²) in [6, 6.07) is 0.593. The molecular formula is C13H28N2O2. The first-order valence-corrected chi connectivity index (χ1v) is 6.62. The Morgan fingerprint density at radius 3 is 2.76 bits per heavy atom. The summed E-state index contributed by atoms with van der Waals surface area (Å²) in [7, 11) is 0. The van der Waals surface area contributed by atoms with Crippen LogP contribution in [0.3, 0.4) is 0 Å². The molecule has 0 radical (unpaired) electrons. The summed E-state index contributed by atoms with van der Waals surface area (Å²) in [4.78, 5) is 2.45. The Morgan fingerprint density at radius 2 is 2.18 bits per heavy atom. The molecule has 102 valence electrons. The van der Waals surface area contributed by atoms with Crippen molar-refractivity contribution in [2.45, 2.75) is 39.8 Å². The lowest BCUT2D eigenvalue weighted by atomic mass is 9.95. The molecule has 1 fully saturated rings. The molecule has 1 aliphatic rings. The van der Waals surface area contributed by atoms with Crippen molar-refractivity contribution in [2.24, 2.45) is 5.41 Å². The van der Waals surface area contributed by atoms with E-state index in [4.69, 9.17) is 9.84 Å². The summed E-state index contributed by atoms with van der Waals surface area (Å²) < 4.78 is 5.74. The highest BCUT2D eigenvalue weighted by molar-refractivity contribution is 4.77. The lowest BCUT2D eigenvalue weighted by molar-refractivity contribution is -0.0381. The molecule has 1 saturated heterocycles. The molecule has 4 nitrogen and oxygen atoms in total. The molecule has 0 aromatic rings. The Morgan fingerprint density at radius 1 is 1.47 bits per heavy atom.